The van der Waals surface area contributed by atoms with Crippen LogP contribution >= 0.6 is 0 Å². The summed E-state index contributed by atoms with van der Waals surface area (Å²) in [7, 11) is 2.84. The lowest BCUT2D eigenvalue weighted by molar-refractivity contribution is -0.134. The lowest BCUT2D eigenvalue weighted by Gasteiger charge is -2.09. The van der Waals surface area contributed by atoms with Crippen LogP contribution in [0.4, 0.5) is 4.39 Å². The third-order valence-corrected chi connectivity index (χ3v) is 1.92. The van der Waals surface area contributed by atoms with Gasteiger partial charge in [0.2, 0.25) is 5.83 Å². The Labute approximate surface area is 91.9 Å². The van der Waals surface area contributed by atoms with Crippen molar-refractivity contribution in [2.45, 2.75) is 0 Å². The summed E-state index contributed by atoms with van der Waals surface area (Å²) in [5.74, 6) is -2.17. The van der Waals surface area contributed by atoms with Crippen LogP contribution in [-0.2, 0) is 4.79 Å². The standard InChI is InChI=1S/C11H11FO4/c1-15-9-5-3-4-7(10(9)16-2)6-8(12)11(13)14/h3-6H,1-2H3,(H,13,14). The molecule has 86 valence electrons. The number of carbonyl (C=O) groups is 1. The zero-order valence-corrected chi connectivity index (χ0v) is 8.86. The van der Waals surface area contributed by atoms with E-state index < -0.39 is 11.8 Å². The summed E-state index contributed by atoms with van der Waals surface area (Å²) in [6.45, 7) is 0. The summed E-state index contributed by atoms with van der Waals surface area (Å²) < 4.78 is 22.9. The van der Waals surface area contributed by atoms with E-state index in [1.165, 1.54) is 20.3 Å². The maximum atomic E-state index is 12.9. The first-order chi connectivity index (χ1) is 7.60. The first kappa shape index (κ1) is 12.0. The molecule has 0 aromatic heterocycles. The number of halogens is 1. The van der Waals surface area contributed by atoms with Gasteiger partial charge in [-0.25, -0.2) is 4.79 Å². The van der Waals surface area contributed by atoms with Crippen molar-refractivity contribution in [3.8, 4) is 11.5 Å². The van der Waals surface area contributed by atoms with Crippen LogP contribution in [0, 0.1) is 0 Å². The Balaban J connectivity index is 3.23. The topological polar surface area (TPSA) is 55.8 Å². The summed E-state index contributed by atoms with van der Waals surface area (Å²) in [6, 6.07) is 4.78. The molecule has 0 radical (unpaired) electrons. The number of methoxy groups -OCH3 is 2. The normalized spacial score (nSPS) is 11.1. The van der Waals surface area contributed by atoms with E-state index in [0.29, 0.717) is 17.1 Å². The van der Waals surface area contributed by atoms with Crippen LogP contribution in [0.1, 0.15) is 5.56 Å². The minimum Gasteiger partial charge on any atom is -0.493 e. The van der Waals surface area contributed by atoms with Crippen molar-refractivity contribution in [3.05, 3.63) is 29.6 Å². The molecular weight excluding hydrogens is 215 g/mol. The Hall–Kier alpha value is -2.04. The molecule has 0 spiro atoms. The first-order valence-electron chi connectivity index (χ1n) is 4.41. The highest BCUT2D eigenvalue weighted by Crippen LogP contribution is 2.32. The van der Waals surface area contributed by atoms with Gasteiger partial charge < -0.3 is 14.6 Å². The van der Waals surface area contributed by atoms with E-state index in [1.54, 1.807) is 12.1 Å². The zero-order valence-electron chi connectivity index (χ0n) is 8.86. The molecule has 0 bridgehead atoms. The molecule has 5 heteroatoms. The number of para-hydroxylation sites is 1. The van der Waals surface area contributed by atoms with E-state index in [2.05, 4.69) is 0 Å². The number of carboxylic acid groups (broad SMARTS) is 1. The van der Waals surface area contributed by atoms with Gasteiger partial charge in [-0.3, -0.25) is 0 Å². The molecule has 0 fully saturated rings. The zero-order chi connectivity index (χ0) is 12.1. The Kier molecular flexibility index (Phi) is 3.88. The monoisotopic (exact) mass is 226 g/mol. The predicted octanol–water partition coefficient (Wildman–Crippen LogP) is 2.10. The van der Waals surface area contributed by atoms with Crippen molar-refractivity contribution in [1.82, 2.24) is 0 Å². The van der Waals surface area contributed by atoms with Gasteiger partial charge in [-0.05, 0) is 12.1 Å². The Morgan fingerprint density at radius 1 is 1.38 bits per heavy atom. The molecule has 1 N–H and O–H groups in total. The van der Waals surface area contributed by atoms with Gasteiger partial charge in [0.15, 0.2) is 11.5 Å². The molecule has 0 saturated carbocycles. The Morgan fingerprint density at radius 2 is 2.06 bits per heavy atom. The van der Waals surface area contributed by atoms with Crippen LogP contribution in [0.3, 0.4) is 0 Å². The van der Waals surface area contributed by atoms with E-state index in [1.807, 2.05) is 0 Å². The van der Waals surface area contributed by atoms with Crippen LogP contribution in [0.25, 0.3) is 6.08 Å². The molecular formula is C11H11FO4. The predicted molar refractivity (Wildman–Crippen MR) is 56.3 cm³/mol. The Morgan fingerprint density at radius 3 is 2.56 bits per heavy atom. The molecule has 1 aromatic carbocycles. The average molecular weight is 226 g/mol. The van der Waals surface area contributed by atoms with Crippen molar-refractivity contribution in [2.24, 2.45) is 0 Å². The van der Waals surface area contributed by atoms with Crippen LogP contribution in [0.5, 0.6) is 11.5 Å². The highest BCUT2D eigenvalue weighted by atomic mass is 19.1. The molecule has 1 rings (SSSR count). The summed E-state index contributed by atoms with van der Waals surface area (Å²) in [5, 5.41) is 8.42. The fourth-order valence-corrected chi connectivity index (χ4v) is 1.22. The Bertz CT molecular complexity index is 426. The van der Waals surface area contributed by atoms with Crippen molar-refractivity contribution in [3.63, 3.8) is 0 Å². The van der Waals surface area contributed by atoms with Crippen molar-refractivity contribution < 1.29 is 23.8 Å². The molecule has 4 nitrogen and oxygen atoms in total. The smallest absolute Gasteiger partial charge is 0.364 e. The van der Waals surface area contributed by atoms with Crippen LogP contribution in [0.15, 0.2) is 24.0 Å². The molecule has 1 aromatic rings. The number of aliphatic carboxylic acids is 1. The first-order valence-corrected chi connectivity index (χ1v) is 4.41. The maximum absolute atomic E-state index is 12.9. The van der Waals surface area contributed by atoms with Crippen LogP contribution in [-0.4, -0.2) is 25.3 Å². The average Bonchev–Trinajstić information content (AvgIpc) is 2.28. The lowest BCUT2D eigenvalue weighted by atomic mass is 10.1. The number of benzene rings is 1. The van der Waals surface area contributed by atoms with Gasteiger partial charge in [0, 0.05) is 5.56 Å². The van der Waals surface area contributed by atoms with E-state index in [-0.39, 0.29) is 0 Å². The highest BCUT2D eigenvalue weighted by Gasteiger charge is 2.11. The second-order valence-corrected chi connectivity index (χ2v) is 2.88. The fourth-order valence-electron chi connectivity index (χ4n) is 1.22. The number of rotatable bonds is 4. The van der Waals surface area contributed by atoms with Gasteiger partial charge in [0.05, 0.1) is 14.2 Å². The molecule has 0 aliphatic rings. The molecule has 0 aliphatic carbocycles. The van der Waals surface area contributed by atoms with E-state index in [9.17, 15) is 9.18 Å². The molecule has 16 heavy (non-hydrogen) atoms. The number of hydrogen-bond donors (Lipinski definition) is 1. The largest absolute Gasteiger partial charge is 0.493 e. The molecule has 0 unspecified atom stereocenters. The number of hydrogen-bond acceptors (Lipinski definition) is 3. The van der Waals surface area contributed by atoms with Crippen molar-refractivity contribution >= 4 is 12.0 Å². The summed E-state index contributed by atoms with van der Waals surface area (Å²) in [4.78, 5) is 10.3. The van der Waals surface area contributed by atoms with Crippen LogP contribution in [0.2, 0.25) is 0 Å². The lowest BCUT2D eigenvalue weighted by Crippen LogP contribution is -1.96. The van der Waals surface area contributed by atoms with Crippen LogP contribution < -0.4 is 9.47 Å². The summed E-state index contributed by atoms with van der Waals surface area (Å²) >= 11 is 0. The third-order valence-electron chi connectivity index (χ3n) is 1.92. The van der Waals surface area contributed by atoms with Gasteiger partial charge in [-0.2, -0.15) is 4.39 Å². The van der Waals surface area contributed by atoms with Gasteiger partial charge in [0.1, 0.15) is 0 Å². The second-order valence-electron chi connectivity index (χ2n) is 2.88. The summed E-state index contributed by atoms with van der Waals surface area (Å²) in [6.07, 6.45) is 0.879. The SMILES string of the molecule is COc1cccc(C=C(F)C(=O)O)c1OC. The van der Waals surface area contributed by atoms with Crippen molar-refractivity contribution in [2.75, 3.05) is 14.2 Å². The molecule has 0 heterocycles. The molecule has 0 saturated heterocycles. The maximum Gasteiger partial charge on any atom is 0.364 e. The fraction of sp³-hybridized carbons (Fsp3) is 0.182. The molecule has 0 aliphatic heterocycles. The molecule has 0 amide bonds. The van der Waals surface area contributed by atoms with Gasteiger partial charge in [-0.1, -0.05) is 12.1 Å². The molecule has 0 atom stereocenters. The number of carboxylic acids is 1. The van der Waals surface area contributed by atoms with Gasteiger partial charge in [-0.15, -0.1) is 0 Å². The van der Waals surface area contributed by atoms with Crippen molar-refractivity contribution in [1.29, 1.82) is 0 Å². The van der Waals surface area contributed by atoms with E-state index >= 15 is 0 Å². The van der Waals surface area contributed by atoms with Gasteiger partial charge in [0.25, 0.3) is 0 Å². The quantitative estimate of drug-likeness (QED) is 0.799. The third kappa shape index (κ3) is 2.50. The second kappa shape index (κ2) is 5.16. The summed E-state index contributed by atoms with van der Waals surface area (Å²) in [5.41, 5.74) is 0.307. The minimum absolute atomic E-state index is 0.293. The minimum atomic E-state index is -1.62. The van der Waals surface area contributed by atoms with E-state index in [0.717, 1.165) is 6.08 Å². The number of ether oxygens (including phenoxy) is 2. The highest BCUT2D eigenvalue weighted by molar-refractivity contribution is 5.90. The van der Waals surface area contributed by atoms with Gasteiger partial charge >= 0.3 is 5.97 Å². The van der Waals surface area contributed by atoms with E-state index in [4.69, 9.17) is 14.6 Å².